The van der Waals surface area contributed by atoms with E-state index in [0.717, 1.165) is 38.0 Å². The summed E-state index contributed by atoms with van der Waals surface area (Å²) in [6, 6.07) is 6.55. The Morgan fingerprint density at radius 3 is 2.96 bits per heavy atom. The molecule has 4 rings (SSSR count). The molecule has 0 radical (unpaired) electrons. The van der Waals surface area contributed by atoms with Gasteiger partial charge in [-0.1, -0.05) is 18.6 Å². The normalized spacial score (nSPS) is 18.6. The third-order valence-electron chi connectivity index (χ3n) is 4.64. The zero-order valence-electron chi connectivity index (χ0n) is 14.0. The largest absolute Gasteiger partial charge is 0.419 e. The van der Waals surface area contributed by atoms with Gasteiger partial charge in [0.05, 0.1) is 22.8 Å². The van der Waals surface area contributed by atoms with Crippen LogP contribution in [0.2, 0.25) is 0 Å². The predicted octanol–water partition coefficient (Wildman–Crippen LogP) is 4.37. The quantitative estimate of drug-likeness (QED) is 0.693. The van der Waals surface area contributed by atoms with E-state index >= 15 is 0 Å². The van der Waals surface area contributed by atoms with Crippen LogP contribution in [0.1, 0.15) is 41.8 Å². The molecule has 1 atom stereocenters. The molecule has 1 saturated heterocycles. The van der Waals surface area contributed by atoms with Gasteiger partial charge in [-0.05, 0) is 38.4 Å². The summed E-state index contributed by atoms with van der Waals surface area (Å²) in [6.07, 6.45) is 3.25. The molecule has 3 aromatic rings. The first-order valence-corrected chi connectivity index (χ1v) is 9.31. The van der Waals surface area contributed by atoms with Crippen molar-refractivity contribution in [3.8, 4) is 11.5 Å². The van der Waals surface area contributed by atoms with Crippen molar-refractivity contribution >= 4 is 11.3 Å². The lowest BCUT2D eigenvalue weighted by Gasteiger charge is -2.33. The van der Waals surface area contributed by atoms with Crippen molar-refractivity contribution in [2.45, 2.75) is 38.8 Å². The van der Waals surface area contributed by atoms with Gasteiger partial charge in [0.2, 0.25) is 5.89 Å². The first-order valence-electron chi connectivity index (χ1n) is 8.43. The van der Waals surface area contributed by atoms with Gasteiger partial charge in [-0.2, -0.15) is 0 Å². The first kappa shape index (κ1) is 16.4. The molecule has 0 spiro atoms. The van der Waals surface area contributed by atoms with Gasteiger partial charge >= 0.3 is 0 Å². The Hall–Kier alpha value is -2.12. The summed E-state index contributed by atoms with van der Waals surface area (Å²) in [5.41, 5.74) is 3.31. The average Bonchev–Trinajstić information content (AvgIpc) is 3.26. The van der Waals surface area contributed by atoms with Crippen LogP contribution in [0.15, 0.2) is 34.2 Å². The Bertz CT molecular complexity index is 862. The average molecular weight is 358 g/mol. The maximum Gasteiger partial charge on any atom is 0.250 e. The molecule has 0 amide bonds. The number of likely N-dealkylation sites (tertiary alicyclic amines) is 1. The standard InChI is InChI=1S/C18H19FN4OS/c1-12-16(25-11-20-12)10-23-9-5-4-8-15(23)18-22-21-17(24-18)13-6-2-3-7-14(13)19/h2-3,6-7,11,15H,4-5,8-10H2,1H3/t15-/m0/s1. The number of aryl methyl sites for hydroxylation is 1. The molecule has 1 aromatic carbocycles. The van der Waals surface area contributed by atoms with E-state index in [1.54, 1.807) is 29.5 Å². The van der Waals surface area contributed by atoms with Gasteiger partial charge in [-0.25, -0.2) is 9.37 Å². The highest BCUT2D eigenvalue weighted by atomic mass is 32.1. The molecule has 0 N–H and O–H groups in total. The second kappa shape index (κ2) is 7.01. The van der Waals surface area contributed by atoms with Crippen LogP contribution in [-0.2, 0) is 6.54 Å². The van der Waals surface area contributed by atoms with Gasteiger partial charge in [0.1, 0.15) is 5.82 Å². The Morgan fingerprint density at radius 2 is 2.16 bits per heavy atom. The lowest BCUT2D eigenvalue weighted by molar-refractivity contribution is 0.119. The van der Waals surface area contributed by atoms with Crippen molar-refractivity contribution in [3.05, 3.63) is 52.1 Å². The van der Waals surface area contributed by atoms with Crippen molar-refractivity contribution in [3.63, 3.8) is 0 Å². The molecule has 2 aromatic heterocycles. The second-order valence-electron chi connectivity index (χ2n) is 6.27. The van der Waals surface area contributed by atoms with Crippen LogP contribution in [0, 0.1) is 12.7 Å². The molecule has 1 aliphatic rings. The fourth-order valence-corrected chi connectivity index (χ4v) is 4.04. The third kappa shape index (κ3) is 3.34. The van der Waals surface area contributed by atoms with Crippen LogP contribution in [0.5, 0.6) is 0 Å². The zero-order valence-corrected chi connectivity index (χ0v) is 14.8. The van der Waals surface area contributed by atoms with Gasteiger partial charge in [-0.3, -0.25) is 4.90 Å². The van der Waals surface area contributed by atoms with E-state index < -0.39 is 0 Å². The summed E-state index contributed by atoms with van der Waals surface area (Å²) < 4.78 is 19.8. The van der Waals surface area contributed by atoms with Crippen molar-refractivity contribution < 1.29 is 8.81 Å². The van der Waals surface area contributed by atoms with Gasteiger partial charge in [0.25, 0.3) is 5.89 Å². The molecular weight excluding hydrogens is 339 g/mol. The van der Waals surface area contributed by atoms with E-state index in [4.69, 9.17) is 4.42 Å². The molecule has 0 aliphatic carbocycles. The maximum atomic E-state index is 14.0. The third-order valence-corrected chi connectivity index (χ3v) is 5.56. The van der Waals surface area contributed by atoms with Gasteiger partial charge in [0, 0.05) is 11.4 Å². The van der Waals surface area contributed by atoms with E-state index in [2.05, 4.69) is 20.1 Å². The summed E-state index contributed by atoms with van der Waals surface area (Å²) in [5, 5.41) is 8.30. The van der Waals surface area contributed by atoms with Gasteiger partial charge in [0.15, 0.2) is 0 Å². The number of aromatic nitrogens is 3. The summed E-state index contributed by atoms with van der Waals surface area (Å²) >= 11 is 1.68. The van der Waals surface area contributed by atoms with E-state index in [9.17, 15) is 4.39 Å². The molecule has 1 fully saturated rings. The van der Waals surface area contributed by atoms with Crippen LogP contribution < -0.4 is 0 Å². The fourth-order valence-electron chi connectivity index (χ4n) is 3.24. The number of benzene rings is 1. The zero-order chi connectivity index (χ0) is 17.2. The Morgan fingerprint density at radius 1 is 1.28 bits per heavy atom. The molecule has 0 saturated carbocycles. The molecule has 130 valence electrons. The molecular formula is C18H19FN4OS. The molecule has 7 heteroatoms. The van der Waals surface area contributed by atoms with E-state index in [0.29, 0.717) is 11.5 Å². The highest BCUT2D eigenvalue weighted by Gasteiger charge is 2.29. The van der Waals surface area contributed by atoms with E-state index in [1.165, 1.54) is 10.9 Å². The highest BCUT2D eigenvalue weighted by Crippen LogP contribution is 2.34. The SMILES string of the molecule is Cc1ncsc1CN1CCCC[C@H]1c1nnc(-c2ccccc2F)o1. The molecule has 25 heavy (non-hydrogen) atoms. The van der Waals surface area contributed by atoms with Crippen LogP contribution in [0.3, 0.4) is 0 Å². The van der Waals surface area contributed by atoms with E-state index in [-0.39, 0.29) is 17.7 Å². The maximum absolute atomic E-state index is 14.0. The Kier molecular flexibility index (Phi) is 4.59. The fraction of sp³-hybridized carbons (Fsp3) is 0.389. The smallest absolute Gasteiger partial charge is 0.250 e. The molecule has 1 aliphatic heterocycles. The topological polar surface area (TPSA) is 55.1 Å². The van der Waals surface area contributed by atoms with Gasteiger partial charge < -0.3 is 4.42 Å². The minimum atomic E-state index is -0.349. The molecule has 3 heterocycles. The van der Waals surface area contributed by atoms with Crippen LogP contribution in [0.25, 0.3) is 11.5 Å². The Balaban J connectivity index is 1.59. The predicted molar refractivity (Wildman–Crippen MR) is 93.5 cm³/mol. The van der Waals surface area contributed by atoms with Gasteiger partial charge in [-0.15, -0.1) is 21.5 Å². The Labute approximate surface area is 149 Å². The first-order chi connectivity index (χ1) is 12.2. The number of halogens is 1. The second-order valence-corrected chi connectivity index (χ2v) is 7.21. The summed E-state index contributed by atoms with van der Waals surface area (Å²) in [6.45, 7) is 3.85. The number of rotatable bonds is 4. The number of thiazole rings is 1. The van der Waals surface area contributed by atoms with Crippen molar-refractivity contribution in [2.75, 3.05) is 6.54 Å². The van der Waals surface area contributed by atoms with Crippen molar-refractivity contribution in [1.29, 1.82) is 0 Å². The molecule has 5 nitrogen and oxygen atoms in total. The van der Waals surface area contributed by atoms with Crippen molar-refractivity contribution in [1.82, 2.24) is 20.1 Å². The lowest BCUT2D eigenvalue weighted by atomic mass is 10.0. The number of piperidine rings is 1. The number of nitrogens with zero attached hydrogens (tertiary/aromatic N) is 4. The molecule has 0 bridgehead atoms. The number of hydrogen-bond acceptors (Lipinski definition) is 6. The monoisotopic (exact) mass is 358 g/mol. The minimum absolute atomic E-state index is 0.0725. The highest BCUT2D eigenvalue weighted by molar-refractivity contribution is 7.09. The van der Waals surface area contributed by atoms with Crippen LogP contribution in [-0.4, -0.2) is 26.6 Å². The van der Waals surface area contributed by atoms with Crippen LogP contribution in [0.4, 0.5) is 4.39 Å². The minimum Gasteiger partial charge on any atom is -0.419 e. The van der Waals surface area contributed by atoms with Crippen molar-refractivity contribution in [2.24, 2.45) is 0 Å². The van der Waals surface area contributed by atoms with Crippen LogP contribution >= 0.6 is 11.3 Å². The summed E-state index contributed by atoms with van der Waals surface area (Å²) in [5.74, 6) is 0.464. The molecule has 0 unspecified atom stereocenters. The lowest BCUT2D eigenvalue weighted by Crippen LogP contribution is -2.33. The van der Waals surface area contributed by atoms with E-state index in [1.807, 2.05) is 12.4 Å². The summed E-state index contributed by atoms with van der Waals surface area (Å²) in [4.78, 5) is 7.96. The number of hydrogen-bond donors (Lipinski definition) is 0. The summed E-state index contributed by atoms with van der Waals surface area (Å²) in [7, 11) is 0.